The maximum atomic E-state index is 11.7. The summed E-state index contributed by atoms with van der Waals surface area (Å²) in [4.78, 5) is 30.5. The average Bonchev–Trinajstić information content (AvgIpc) is 2.74. The van der Waals surface area contributed by atoms with Gasteiger partial charge in [-0.2, -0.15) is 4.98 Å². The van der Waals surface area contributed by atoms with Gasteiger partial charge in [0.2, 0.25) is 5.82 Å². The van der Waals surface area contributed by atoms with Gasteiger partial charge in [0.25, 0.3) is 0 Å². The minimum atomic E-state index is -0.599. The molecule has 1 aromatic heterocycles. The zero-order valence-electron chi connectivity index (χ0n) is 15.7. The number of carbonyl (C=O) groups is 1. The van der Waals surface area contributed by atoms with E-state index in [4.69, 9.17) is 4.74 Å². The molecule has 29 heavy (non-hydrogen) atoms. The molecule has 0 aliphatic heterocycles. The zero-order chi connectivity index (χ0) is 20.8. The molecule has 1 heterocycles. The normalized spacial score (nSPS) is 11.4. The van der Waals surface area contributed by atoms with E-state index in [0.29, 0.717) is 5.56 Å². The van der Waals surface area contributed by atoms with Crippen molar-refractivity contribution in [2.24, 2.45) is 0 Å². The molecule has 0 radical (unpaired) electrons. The Bertz CT molecular complexity index is 1010. The Morgan fingerprint density at radius 1 is 1.10 bits per heavy atom. The molecule has 1 atom stereocenters. The molecule has 3 aromatic rings. The number of nitrogens with zero attached hydrogens (tertiary/aromatic N) is 3. The number of nitro groups is 1. The Labute approximate surface area is 166 Å². The van der Waals surface area contributed by atoms with E-state index in [1.807, 2.05) is 37.3 Å². The fourth-order valence-corrected chi connectivity index (χ4v) is 2.63. The summed E-state index contributed by atoms with van der Waals surface area (Å²) >= 11 is 0. The predicted octanol–water partition coefficient (Wildman–Crippen LogP) is 4.14. The third kappa shape index (κ3) is 4.64. The Balaban J connectivity index is 1.87. The molecule has 0 bridgehead atoms. The monoisotopic (exact) mass is 394 g/mol. The first-order chi connectivity index (χ1) is 14.0. The van der Waals surface area contributed by atoms with Crippen LogP contribution in [0.4, 0.5) is 11.5 Å². The highest BCUT2D eigenvalue weighted by molar-refractivity contribution is 5.89. The lowest BCUT2D eigenvalue weighted by molar-refractivity contribution is -0.385. The molecule has 0 amide bonds. The molecule has 1 N–H and O–H groups in total. The van der Waals surface area contributed by atoms with E-state index >= 15 is 0 Å². The summed E-state index contributed by atoms with van der Waals surface area (Å²) in [6, 6.07) is 15.2. The predicted molar refractivity (Wildman–Crippen MR) is 105 cm³/mol. The number of hydrogen-bond acceptors (Lipinski definition) is 8. The highest BCUT2D eigenvalue weighted by Crippen LogP contribution is 2.35. The second kappa shape index (κ2) is 8.79. The van der Waals surface area contributed by atoms with Crippen LogP contribution in [0, 0.1) is 10.1 Å². The van der Waals surface area contributed by atoms with Crippen LogP contribution in [0.25, 0.3) is 0 Å². The standard InChI is InChI=1S/C20H18N4O5/c1-13(14-6-4-3-5-7-14)23-18-17(24(26)27)19(22-12-21-18)29-16-10-8-15(9-11-16)20(25)28-2/h3-13H,1-2H3,(H,21,22,23). The Morgan fingerprint density at radius 2 is 1.79 bits per heavy atom. The van der Waals surface area contributed by atoms with E-state index in [9.17, 15) is 14.9 Å². The maximum absolute atomic E-state index is 11.7. The van der Waals surface area contributed by atoms with Crippen molar-refractivity contribution in [2.75, 3.05) is 12.4 Å². The first-order valence-corrected chi connectivity index (χ1v) is 8.66. The van der Waals surface area contributed by atoms with Crippen LogP contribution in [0.1, 0.15) is 28.9 Å². The van der Waals surface area contributed by atoms with E-state index in [-0.39, 0.29) is 29.2 Å². The molecule has 0 spiro atoms. The molecular weight excluding hydrogens is 376 g/mol. The Kier molecular flexibility index (Phi) is 5.98. The molecule has 0 aliphatic rings. The first kappa shape index (κ1) is 19.7. The molecule has 9 heteroatoms. The number of benzene rings is 2. The largest absolute Gasteiger partial charge is 0.465 e. The van der Waals surface area contributed by atoms with Gasteiger partial charge in [-0.25, -0.2) is 9.78 Å². The molecule has 0 fully saturated rings. The summed E-state index contributed by atoms with van der Waals surface area (Å²) in [5.41, 5.74) is 0.893. The topological polar surface area (TPSA) is 116 Å². The molecule has 9 nitrogen and oxygen atoms in total. The van der Waals surface area contributed by atoms with Crippen molar-refractivity contribution < 1.29 is 19.2 Å². The van der Waals surface area contributed by atoms with Gasteiger partial charge in [0.05, 0.1) is 23.6 Å². The van der Waals surface area contributed by atoms with E-state index in [1.54, 1.807) is 0 Å². The number of nitrogens with one attached hydrogen (secondary N) is 1. The van der Waals surface area contributed by atoms with Gasteiger partial charge in [-0.1, -0.05) is 30.3 Å². The quantitative estimate of drug-likeness (QED) is 0.361. The van der Waals surface area contributed by atoms with Crippen molar-refractivity contribution in [3.63, 3.8) is 0 Å². The van der Waals surface area contributed by atoms with Gasteiger partial charge in [-0.05, 0) is 36.8 Å². The van der Waals surface area contributed by atoms with Gasteiger partial charge in [0, 0.05) is 0 Å². The third-order valence-electron chi connectivity index (χ3n) is 4.11. The molecular formula is C20H18N4O5. The lowest BCUT2D eigenvalue weighted by Crippen LogP contribution is -2.11. The first-order valence-electron chi connectivity index (χ1n) is 8.66. The van der Waals surface area contributed by atoms with Crippen LogP contribution in [0.15, 0.2) is 60.9 Å². The van der Waals surface area contributed by atoms with Crippen LogP contribution in [0.3, 0.4) is 0 Å². The lowest BCUT2D eigenvalue weighted by Gasteiger charge is -2.15. The van der Waals surface area contributed by atoms with Gasteiger partial charge in [0.15, 0.2) is 0 Å². The second-order valence-electron chi connectivity index (χ2n) is 6.03. The van der Waals surface area contributed by atoms with Gasteiger partial charge >= 0.3 is 17.5 Å². The molecule has 0 aliphatic carbocycles. The fourth-order valence-electron chi connectivity index (χ4n) is 2.63. The van der Waals surface area contributed by atoms with Crippen molar-refractivity contribution in [1.82, 2.24) is 9.97 Å². The number of methoxy groups -OCH3 is 1. The van der Waals surface area contributed by atoms with Crippen LogP contribution in [-0.4, -0.2) is 28.0 Å². The lowest BCUT2D eigenvalue weighted by atomic mass is 10.1. The van der Waals surface area contributed by atoms with Crippen LogP contribution in [0.2, 0.25) is 0 Å². The number of rotatable bonds is 7. The van der Waals surface area contributed by atoms with E-state index < -0.39 is 10.9 Å². The summed E-state index contributed by atoms with van der Waals surface area (Å²) in [5, 5.41) is 14.7. The van der Waals surface area contributed by atoms with Gasteiger partial charge in [-0.15, -0.1) is 0 Å². The van der Waals surface area contributed by atoms with Crippen LogP contribution in [-0.2, 0) is 4.74 Å². The number of aromatic nitrogens is 2. The second-order valence-corrected chi connectivity index (χ2v) is 6.03. The molecule has 3 rings (SSSR count). The number of esters is 1. The maximum Gasteiger partial charge on any atom is 0.373 e. The SMILES string of the molecule is COC(=O)c1ccc(Oc2ncnc(NC(C)c3ccccc3)c2[N+](=O)[O-])cc1. The highest BCUT2D eigenvalue weighted by Gasteiger charge is 2.26. The minimum absolute atomic E-state index is 0.0440. The molecule has 2 aromatic carbocycles. The van der Waals surface area contributed by atoms with Gasteiger partial charge in [-0.3, -0.25) is 10.1 Å². The van der Waals surface area contributed by atoms with E-state index in [1.165, 1.54) is 37.7 Å². The molecule has 148 valence electrons. The Morgan fingerprint density at radius 3 is 2.41 bits per heavy atom. The number of anilines is 1. The third-order valence-corrected chi connectivity index (χ3v) is 4.11. The Hall–Kier alpha value is -4.01. The van der Waals surface area contributed by atoms with Gasteiger partial charge < -0.3 is 14.8 Å². The zero-order valence-corrected chi connectivity index (χ0v) is 15.7. The van der Waals surface area contributed by atoms with Crippen LogP contribution < -0.4 is 10.1 Å². The van der Waals surface area contributed by atoms with Crippen molar-refractivity contribution >= 4 is 17.5 Å². The van der Waals surface area contributed by atoms with Crippen molar-refractivity contribution in [1.29, 1.82) is 0 Å². The van der Waals surface area contributed by atoms with E-state index in [2.05, 4.69) is 20.0 Å². The molecule has 0 saturated carbocycles. The summed E-state index contributed by atoms with van der Waals surface area (Å²) in [6.45, 7) is 1.87. The molecule has 0 saturated heterocycles. The summed E-state index contributed by atoms with van der Waals surface area (Å²) in [5.74, 6) is -0.381. The number of carbonyl (C=O) groups excluding carboxylic acids is 1. The number of ether oxygens (including phenoxy) is 2. The van der Waals surface area contributed by atoms with Crippen LogP contribution >= 0.6 is 0 Å². The molecule has 1 unspecified atom stereocenters. The summed E-state index contributed by atoms with van der Waals surface area (Å²) < 4.78 is 10.2. The summed E-state index contributed by atoms with van der Waals surface area (Å²) in [7, 11) is 1.28. The minimum Gasteiger partial charge on any atom is -0.465 e. The highest BCUT2D eigenvalue weighted by atomic mass is 16.6. The van der Waals surface area contributed by atoms with E-state index in [0.717, 1.165) is 5.56 Å². The summed E-state index contributed by atoms with van der Waals surface area (Å²) in [6.07, 6.45) is 1.19. The van der Waals surface area contributed by atoms with Gasteiger partial charge in [0.1, 0.15) is 12.1 Å². The van der Waals surface area contributed by atoms with Crippen LogP contribution in [0.5, 0.6) is 11.6 Å². The van der Waals surface area contributed by atoms with Crippen molar-refractivity contribution in [3.8, 4) is 11.6 Å². The average molecular weight is 394 g/mol. The van der Waals surface area contributed by atoms with Crippen molar-refractivity contribution in [2.45, 2.75) is 13.0 Å². The van der Waals surface area contributed by atoms with Crippen molar-refractivity contribution in [3.05, 3.63) is 82.2 Å². The fraction of sp³-hybridized carbons (Fsp3) is 0.150. The number of hydrogen-bond donors (Lipinski definition) is 1. The smallest absolute Gasteiger partial charge is 0.373 e.